The summed E-state index contributed by atoms with van der Waals surface area (Å²) in [6.07, 6.45) is 2.73. The molecular weight excluding hydrogens is 441 g/mol. The van der Waals surface area contributed by atoms with Crippen LogP contribution in [0.15, 0.2) is 30.3 Å². The lowest BCUT2D eigenvalue weighted by atomic mass is 9.89. The van der Waals surface area contributed by atoms with Gasteiger partial charge in [0.15, 0.2) is 0 Å². The molecule has 1 fully saturated rings. The number of nitrogens with one attached hydrogen (secondary N) is 1. The van der Waals surface area contributed by atoms with Gasteiger partial charge in [-0.3, -0.25) is 0 Å². The van der Waals surface area contributed by atoms with Gasteiger partial charge in [-0.25, -0.2) is 4.79 Å². The van der Waals surface area contributed by atoms with Crippen molar-refractivity contribution in [1.82, 2.24) is 0 Å². The molecule has 1 aliphatic carbocycles. The van der Waals surface area contributed by atoms with Gasteiger partial charge in [-0.2, -0.15) is 0 Å². The van der Waals surface area contributed by atoms with E-state index in [2.05, 4.69) is 5.32 Å². The van der Waals surface area contributed by atoms with Gasteiger partial charge in [-0.15, -0.1) is 22.9 Å². The van der Waals surface area contributed by atoms with Gasteiger partial charge in [0.1, 0.15) is 4.88 Å². The Morgan fingerprint density at radius 3 is 2.54 bits per heavy atom. The fraction of sp³-hybridized carbons (Fsp3) is 0.450. The zero-order chi connectivity index (χ0) is 20.3. The zero-order valence-electron chi connectivity index (χ0n) is 15.1. The number of thiophene rings is 1. The normalized spacial score (nSPS) is 24.4. The molecule has 3 N–H and O–H groups in total. The highest BCUT2D eigenvalue weighted by molar-refractivity contribution is 7.13. The van der Waals surface area contributed by atoms with Gasteiger partial charge in [0.05, 0.1) is 6.10 Å². The number of aryl methyl sites for hydroxylation is 1. The average Bonchev–Trinajstić information content (AvgIpc) is 3.18. The van der Waals surface area contributed by atoms with Gasteiger partial charge in [-0.05, 0) is 61.9 Å². The fourth-order valence-electron chi connectivity index (χ4n) is 3.85. The summed E-state index contributed by atoms with van der Waals surface area (Å²) in [4.78, 5) is 12.4. The second-order valence-corrected chi connectivity index (χ2v) is 9.75. The molecule has 8 heteroatoms. The highest BCUT2D eigenvalue weighted by atomic mass is 35.5. The number of anilines is 1. The van der Waals surface area contributed by atoms with Crippen molar-refractivity contribution < 1.29 is 15.0 Å². The molecule has 3 rings (SSSR count). The monoisotopic (exact) mass is 461 g/mol. The number of carbonyl (C=O) groups is 1. The Balaban J connectivity index is 1.56. The van der Waals surface area contributed by atoms with E-state index in [1.807, 2.05) is 6.07 Å². The number of aliphatic hydroxyl groups is 1. The Kier molecular flexibility index (Phi) is 7.51. The van der Waals surface area contributed by atoms with E-state index in [1.54, 1.807) is 24.3 Å². The van der Waals surface area contributed by atoms with E-state index in [4.69, 9.17) is 39.9 Å². The van der Waals surface area contributed by atoms with Gasteiger partial charge >= 0.3 is 5.97 Å². The van der Waals surface area contributed by atoms with E-state index < -0.39 is 12.1 Å². The quantitative estimate of drug-likeness (QED) is 0.434. The molecule has 0 bridgehead atoms. The second kappa shape index (κ2) is 9.68. The van der Waals surface area contributed by atoms with Crippen molar-refractivity contribution in [2.45, 2.75) is 37.2 Å². The highest BCUT2D eigenvalue weighted by Gasteiger charge is 2.40. The van der Waals surface area contributed by atoms with Crippen LogP contribution < -0.4 is 5.32 Å². The number of alkyl halides is 1. The maximum atomic E-state index is 11.0. The average molecular weight is 463 g/mol. The van der Waals surface area contributed by atoms with Gasteiger partial charge in [0, 0.05) is 38.4 Å². The van der Waals surface area contributed by atoms with Crippen LogP contribution in [0.4, 0.5) is 5.69 Å². The van der Waals surface area contributed by atoms with Crippen molar-refractivity contribution in [2.24, 2.45) is 11.8 Å². The molecule has 4 unspecified atom stereocenters. The number of halogens is 3. The van der Waals surface area contributed by atoms with Crippen LogP contribution >= 0.6 is 46.1 Å². The number of hydrogen-bond donors (Lipinski definition) is 3. The molecule has 1 aromatic heterocycles. The number of aromatic carboxylic acids is 1. The van der Waals surface area contributed by atoms with Crippen LogP contribution in [0.5, 0.6) is 0 Å². The number of rotatable bonds is 8. The third-order valence-corrected chi connectivity index (χ3v) is 7.28. The van der Waals surface area contributed by atoms with Crippen molar-refractivity contribution in [1.29, 1.82) is 0 Å². The Morgan fingerprint density at radius 2 is 1.89 bits per heavy atom. The van der Waals surface area contributed by atoms with Crippen molar-refractivity contribution in [3.05, 3.63) is 50.1 Å². The molecule has 28 heavy (non-hydrogen) atoms. The molecule has 1 saturated carbocycles. The molecular formula is C20H22Cl3NO3S. The number of aliphatic hydroxyl groups excluding tert-OH is 1. The standard InChI is InChI=1S/C20H22Cl3NO3S/c21-11-6-12(22)8-13(7-11)24-10-16-15(17(23)9-18(16)25)3-1-2-14-4-5-19(28-14)20(26)27/h4-8,15-18,24-25H,1-3,9-10H2,(H,26,27). The molecule has 0 amide bonds. The first kappa shape index (κ1) is 21.7. The summed E-state index contributed by atoms with van der Waals surface area (Å²) in [5.74, 6) is -0.654. The minimum atomic E-state index is -0.886. The molecule has 2 aromatic rings. The molecule has 0 spiro atoms. The van der Waals surface area contributed by atoms with E-state index >= 15 is 0 Å². The Morgan fingerprint density at radius 1 is 1.18 bits per heavy atom. The van der Waals surface area contributed by atoms with Gasteiger partial charge in [-0.1, -0.05) is 23.2 Å². The molecule has 1 aromatic carbocycles. The van der Waals surface area contributed by atoms with Crippen molar-refractivity contribution in [3.63, 3.8) is 0 Å². The number of carboxylic acid groups (broad SMARTS) is 1. The van der Waals surface area contributed by atoms with E-state index in [-0.39, 0.29) is 17.2 Å². The summed E-state index contributed by atoms with van der Waals surface area (Å²) in [5.41, 5.74) is 0.821. The van der Waals surface area contributed by atoms with Crippen LogP contribution in [0.1, 0.15) is 33.8 Å². The van der Waals surface area contributed by atoms with Crippen LogP contribution in [-0.2, 0) is 6.42 Å². The topological polar surface area (TPSA) is 69.6 Å². The van der Waals surface area contributed by atoms with Crippen LogP contribution in [0.3, 0.4) is 0 Å². The lowest BCUT2D eigenvalue weighted by Gasteiger charge is -2.24. The third kappa shape index (κ3) is 5.55. The van der Waals surface area contributed by atoms with Crippen LogP contribution in [0.25, 0.3) is 0 Å². The lowest BCUT2D eigenvalue weighted by Crippen LogP contribution is -2.28. The van der Waals surface area contributed by atoms with Crippen molar-refractivity contribution in [2.75, 3.05) is 11.9 Å². The van der Waals surface area contributed by atoms with E-state index in [0.29, 0.717) is 27.9 Å². The number of hydrogen-bond acceptors (Lipinski definition) is 4. The second-order valence-electron chi connectivity index (χ2n) is 7.15. The first-order valence-electron chi connectivity index (χ1n) is 9.17. The van der Waals surface area contributed by atoms with E-state index in [1.165, 1.54) is 11.3 Å². The summed E-state index contributed by atoms with van der Waals surface area (Å²) in [5, 5.41) is 23.9. The molecule has 1 aliphatic rings. The SMILES string of the molecule is O=C(O)c1ccc(CCCC2C(Cl)CC(O)C2CNc2cc(Cl)cc(Cl)c2)s1. The van der Waals surface area contributed by atoms with Gasteiger partial charge < -0.3 is 15.5 Å². The Bertz CT molecular complexity index is 809. The van der Waals surface area contributed by atoms with Gasteiger partial charge in [0.2, 0.25) is 0 Å². The predicted molar refractivity (Wildman–Crippen MR) is 116 cm³/mol. The summed E-state index contributed by atoms with van der Waals surface area (Å²) >= 11 is 19.9. The fourth-order valence-corrected chi connectivity index (χ4v) is 5.76. The van der Waals surface area contributed by atoms with Crippen molar-refractivity contribution >= 4 is 57.8 Å². The maximum Gasteiger partial charge on any atom is 0.345 e. The maximum absolute atomic E-state index is 11.0. The predicted octanol–water partition coefficient (Wildman–Crippen LogP) is 5.79. The van der Waals surface area contributed by atoms with Crippen LogP contribution in [-0.4, -0.2) is 34.2 Å². The van der Waals surface area contributed by atoms with Crippen LogP contribution in [0, 0.1) is 11.8 Å². The lowest BCUT2D eigenvalue weighted by molar-refractivity contribution is 0.0702. The number of carboxylic acids is 1. The smallest absolute Gasteiger partial charge is 0.345 e. The van der Waals surface area contributed by atoms with Gasteiger partial charge in [0.25, 0.3) is 0 Å². The number of benzene rings is 1. The zero-order valence-corrected chi connectivity index (χ0v) is 18.2. The largest absolute Gasteiger partial charge is 0.477 e. The molecule has 0 saturated heterocycles. The minimum Gasteiger partial charge on any atom is -0.477 e. The van der Waals surface area contributed by atoms with Crippen molar-refractivity contribution in [3.8, 4) is 0 Å². The summed E-state index contributed by atoms with van der Waals surface area (Å²) in [6.45, 7) is 0.591. The minimum absolute atomic E-state index is 0.0400. The van der Waals surface area contributed by atoms with Crippen LogP contribution in [0.2, 0.25) is 10.0 Å². The molecule has 0 aliphatic heterocycles. The molecule has 1 heterocycles. The van der Waals surface area contributed by atoms with E-state index in [0.717, 1.165) is 29.8 Å². The molecule has 4 nitrogen and oxygen atoms in total. The Labute approximate surface area is 183 Å². The third-order valence-electron chi connectivity index (χ3n) is 5.21. The summed E-state index contributed by atoms with van der Waals surface area (Å²) in [6, 6.07) is 8.81. The molecule has 4 atom stereocenters. The first-order valence-corrected chi connectivity index (χ1v) is 11.2. The summed E-state index contributed by atoms with van der Waals surface area (Å²) in [7, 11) is 0. The first-order chi connectivity index (χ1) is 13.3. The molecule has 152 valence electrons. The molecule has 0 radical (unpaired) electrons. The highest BCUT2D eigenvalue weighted by Crippen LogP contribution is 2.39. The van der Waals surface area contributed by atoms with E-state index in [9.17, 15) is 9.90 Å². The summed E-state index contributed by atoms with van der Waals surface area (Å²) < 4.78 is 0. The Hall–Kier alpha value is -0.980.